The Kier molecular flexibility index (Phi) is 6.55. The van der Waals surface area contributed by atoms with Gasteiger partial charge in [-0.25, -0.2) is 0 Å². The number of anilines is 3. The lowest BCUT2D eigenvalue weighted by atomic mass is 9.92. The number of aromatic nitrogens is 1. The highest BCUT2D eigenvalue weighted by molar-refractivity contribution is 6.27. The fraction of sp³-hybridized carbons (Fsp3) is 0. The molecule has 0 saturated heterocycles. The van der Waals surface area contributed by atoms with Gasteiger partial charge in [-0.2, -0.15) is 0 Å². The van der Waals surface area contributed by atoms with Crippen LogP contribution < -0.4 is 4.90 Å². The van der Waals surface area contributed by atoms with Crippen LogP contribution >= 0.6 is 0 Å². The first-order chi connectivity index (χ1) is 26.3. The van der Waals surface area contributed by atoms with Gasteiger partial charge in [-0.3, -0.25) is 0 Å². The van der Waals surface area contributed by atoms with E-state index >= 15 is 0 Å². The van der Waals surface area contributed by atoms with Crippen molar-refractivity contribution in [3.05, 3.63) is 194 Å². The third-order valence-corrected chi connectivity index (χ3v) is 10.7. The summed E-state index contributed by atoms with van der Waals surface area (Å²) in [6, 6.07) is 69.5. The fourth-order valence-electron chi connectivity index (χ4n) is 8.49. The highest BCUT2D eigenvalue weighted by atomic mass is 16.3. The van der Waals surface area contributed by atoms with E-state index in [-0.39, 0.29) is 0 Å². The Bertz CT molecular complexity index is 3170. The normalized spacial score (nSPS) is 11.8. The molecule has 0 fully saturated rings. The van der Waals surface area contributed by atoms with Crippen LogP contribution in [0.5, 0.6) is 0 Å². The second-order valence-corrected chi connectivity index (χ2v) is 13.7. The highest BCUT2D eigenvalue weighted by Crippen LogP contribution is 2.48. The number of benzene rings is 9. The van der Waals surface area contributed by atoms with Crippen LogP contribution in [0.15, 0.2) is 199 Å². The summed E-state index contributed by atoms with van der Waals surface area (Å²) in [6.45, 7) is 0. The van der Waals surface area contributed by atoms with E-state index in [1.807, 2.05) is 0 Å². The Labute approximate surface area is 306 Å². The summed E-state index contributed by atoms with van der Waals surface area (Å²) in [4.78, 5) is 2.37. The molecule has 248 valence electrons. The molecule has 3 nitrogen and oxygen atoms in total. The molecule has 2 aromatic heterocycles. The van der Waals surface area contributed by atoms with Gasteiger partial charge in [0, 0.05) is 33.2 Å². The van der Waals surface area contributed by atoms with Gasteiger partial charge in [0.2, 0.25) is 0 Å². The summed E-state index contributed by atoms with van der Waals surface area (Å²) < 4.78 is 9.28. The average molecular weight is 677 g/mol. The van der Waals surface area contributed by atoms with Crippen LogP contribution in [-0.2, 0) is 0 Å². The first-order valence-corrected chi connectivity index (χ1v) is 18.1. The molecular formula is C50H32N2O. The summed E-state index contributed by atoms with van der Waals surface area (Å²) >= 11 is 0. The van der Waals surface area contributed by atoms with Crippen molar-refractivity contribution in [2.45, 2.75) is 0 Å². The van der Waals surface area contributed by atoms with E-state index in [1.54, 1.807) is 0 Å². The maximum absolute atomic E-state index is 6.90. The summed E-state index contributed by atoms with van der Waals surface area (Å²) in [5, 5.41) is 9.47. The van der Waals surface area contributed by atoms with E-state index < -0.39 is 0 Å². The first-order valence-electron chi connectivity index (χ1n) is 18.1. The van der Waals surface area contributed by atoms with Crippen LogP contribution in [-0.4, -0.2) is 4.57 Å². The molecule has 0 spiro atoms. The average Bonchev–Trinajstić information content (AvgIpc) is 3.78. The van der Waals surface area contributed by atoms with Crippen LogP contribution in [0.2, 0.25) is 0 Å². The van der Waals surface area contributed by atoms with Crippen molar-refractivity contribution < 1.29 is 4.42 Å². The largest absolute Gasteiger partial charge is 0.456 e. The number of hydrogen-bond acceptors (Lipinski definition) is 2. The second-order valence-electron chi connectivity index (χ2n) is 13.7. The number of nitrogens with zero attached hydrogens (tertiary/aromatic N) is 2. The minimum atomic E-state index is 0.861. The molecule has 0 aliphatic carbocycles. The van der Waals surface area contributed by atoms with Gasteiger partial charge in [-0.15, -0.1) is 0 Å². The smallest absolute Gasteiger partial charge is 0.137 e. The topological polar surface area (TPSA) is 21.3 Å². The van der Waals surface area contributed by atoms with Crippen LogP contribution in [0.1, 0.15) is 0 Å². The Balaban J connectivity index is 1.21. The van der Waals surface area contributed by atoms with Crippen molar-refractivity contribution in [3.63, 3.8) is 0 Å². The van der Waals surface area contributed by atoms with Gasteiger partial charge >= 0.3 is 0 Å². The second kappa shape index (κ2) is 11.7. The summed E-state index contributed by atoms with van der Waals surface area (Å²) in [6.07, 6.45) is 0. The fourth-order valence-corrected chi connectivity index (χ4v) is 8.49. The van der Waals surface area contributed by atoms with Crippen LogP contribution in [0, 0.1) is 0 Å². The third-order valence-electron chi connectivity index (χ3n) is 10.7. The van der Waals surface area contributed by atoms with Gasteiger partial charge in [-0.1, -0.05) is 127 Å². The highest BCUT2D eigenvalue weighted by Gasteiger charge is 2.23. The molecule has 0 amide bonds. The lowest BCUT2D eigenvalue weighted by Crippen LogP contribution is -2.10. The monoisotopic (exact) mass is 676 g/mol. The standard InChI is InChI=1S/C50H32N2O/c1-3-17-35(18-4-1)51(37-30-29-33-15-7-8-16-34(33)31-37)45-27-14-28-46-50(45)49-39-22-10-9-21-38(39)42(32-47(49)53-46)40-24-13-26-44-48(40)41-23-11-12-25-43(41)52(44)36-19-5-2-6-20-36/h1-32H. The maximum atomic E-state index is 6.90. The van der Waals surface area contributed by atoms with E-state index in [4.69, 9.17) is 4.42 Å². The molecule has 0 aliphatic heterocycles. The van der Waals surface area contributed by atoms with Gasteiger partial charge in [0.1, 0.15) is 11.2 Å². The molecule has 53 heavy (non-hydrogen) atoms. The summed E-state index contributed by atoms with van der Waals surface area (Å²) in [5.41, 5.74) is 10.9. The molecule has 0 unspecified atom stereocenters. The molecule has 0 aliphatic rings. The summed E-state index contributed by atoms with van der Waals surface area (Å²) in [5.74, 6) is 0. The minimum Gasteiger partial charge on any atom is -0.456 e. The molecule has 3 heteroatoms. The maximum Gasteiger partial charge on any atom is 0.137 e. The number of fused-ring (bicyclic) bond motifs is 9. The van der Waals surface area contributed by atoms with Gasteiger partial charge in [0.25, 0.3) is 0 Å². The predicted octanol–water partition coefficient (Wildman–Crippen LogP) is 14.1. The van der Waals surface area contributed by atoms with E-state index in [2.05, 4.69) is 204 Å². The van der Waals surface area contributed by atoms with Crippen LogP contribution in [0.25, 0.3) is 82.1 Å². The van der Waals surface area contributed by atoms with Crippen molar-refractivity contribution in [1.82, 2.24) is 4.57 Å². The van der Waals surface area contributed by atoms with Gasteiger partial charge in [0.05, 0.1) is 22.1 Å². The van der Waals surface area contributed by atoms with Crippen molar-refractivity contribution in [2.24, 2.45) is 0 Å². The quantitative estimate of drug-likeness (QED) is 0.181. The predicted molar refractivity (Wildman–Crippen MR) is 223 cm³/mol. The molecule has 9 aromatic carbocycles. The molecule has 0 bridgehead atoms. The molecule has 11 aromatic rings. The minimum absolute atomic E-state index is 0.861. The lowest BCUT2D eigenvalue weighted by molar-refractivity contribution is 0.669. The third kappa shape index (κ3) is 4.54. The van der Waals surface area contributed by atoms with Crippen LogP contribution in [0.4, 0.5) is 17.1 Å². The zero-order valence-corrected chi connectivity index (χ0v) is 28.8. The zero-order valence-electron chi connectivity index (χ0n) is 28.8. The van der Waals surface area contributed by atoms with Crippen molar-refractivity contribution in [1.29, 1.82) is 0 Å². The summed E-state index contributed by atoms with van der Waals surface area (Å²) in [7, 11) is 0. The molecular weight excluding hydrogens is 645 g/mol. The number of para-hydroxylation sites is 3. The Morgan fingerprint density at radius 1 is 0.377 bits per heavy atom. The van der Waals surface area contributed by atoms with E-state index in [0.717, 1.165) is 50.3 Å². The number of rotatable bonds is 5. The molecule has 0 radical (unpaired) electrons. The number of hydrogen-bond donors (Lipinski definition) is 0. The Morgan fingerprint density at radius 3 is 1.91 bits per heavy atom. The van der Waals surface area contributed by atoms with Crippen LogP contribution in [0.3, 0.4) is 0 Å². The number of furan rings is 1. The SMILES string of the molecule is c1ccc(N(c2ccc3ccccc3c2)c2cccc3oc4cc(-c5cccc6c5c5ccccc5n6-c5ccccc5)c5ccccc5c4c23)cc1. The Morgan fingerprint density at radius 2 is 1.06 bits per heavy atom. The lowest BCUT2D eigenvalue weighted by Gasteiger charge is -2.26. The van der Waals surface area contributed by atoms with Crippen molar-refractivity contribution >= 4 is 82.4 Å². The van der Waals surface area contributed by atoms with E-state index in [0.29, 0.717) is 0 Å². The van der Waals surface area contributed by atoms with Gasteiger partial charge in [-0.05, 0) is 99.4 Å². The molecule has 2 heterocycles. The molecule has 0 saturated carbocycles. The molecule has 11 rings (SSSR count). The molecule has 0 atom stereocenters. The van der Waals surface area contributed by atoms with Crippen molar-refractivity contribution in [2.75, 3.05) is 4.90 Å². The van der Waals surface area contributed by atoms with Gasteiger partial charge < -0.3 is 13.9 Å². The van der Waals surface area contributed by atoms with Crippen molar-refractivity contribution in [3.8, 4) is 16.8 Å². The van der Waals surface area contributed by atoms with E-state index in [9.17, 15) is 0 Å². The molecule has 0 N–H and O–H groups in total. The van der Waals surface area contributed by atoms with E-state index in [1.165, 1.54) is 48.9 Å². The van der Waals surface area contributed by atoms with Gasteiger partial charge in [0.15, 0.2) is 0 Å². The Hall–Kier alpha value is -7.10. The first kappa shape index (κ1) is 29.6. The zero-order chi connectivity index (χ0) is 34.9.